The lowest BCUT2D eigenvalue weighted by Gasteiger charge is -2.19. The maximum absolute atomic E-state index is 11.9. The van der Waals surface area contributed by atoms with Gasteiger partial charge in [-0.05, 0) is 19.8 Å². The summed E-state index contributed by atoms with van der Waals surface area (Å²) in [5, 5.41) is 0. The van der Waals surface area contributed by atoms with Gasteiger partial charge in [-0.25, -0.2) is 18.5 Å². The summed E-state index contributed by atoms with van der Waals surface area (Å²) in [5.74, 6) is 1.81. The molecule has 0 aromatic carbocycles. The van der Waals surface area contributed by atoms with Gasteiger partial charge in [-0.2, -0.15) is 8.62 Å². The first-order valence-corrected chi connectivity index (χ1v) is 12.8. The fourth-order valence-corrected chi connectivity index (χ4v) is 5.88. The van der Waals surface area contributed by atoms with Gasteiger partial charge in [0.15, 0.2) is 0 Å². The molecule has 0 radical (unpaired) electrons. The summed E-state index contributed by atoms with van der Waals surface area (Å²) < 4.78 is 58.0. The van der Waals surface area contributed by atoms with Gasteiger partial charge in [-0.3, -0.25) is 23.4 Å². The Morgan fingerprint density at radius 1 is 1.16 bits per heavy atom. The Morgan fingerprint density at radius 3 is 2.39 bits per heavy atom. The van der Waals surface area contributed by atoms with Gasteiger partial charge in [-0.15, -0.1) is 6.42 Å². The van der Waals surface area contributed by atoms with Gasteiger partial charge in [0.2, 0.25) is 0 Å². The standard InChI is InChI=1S/C13H19N2O13P3/c1-3-6-24-29(18,19)27-31(22,23)28-30(20,21)25-8-10-4-5-11(26-10)15-7-9(2)12(16)14-13(15)17/h1,7,10-11H,4-6,8H2,2H3,(H,18,19)(H,20,21)(H,22,23)(H,14,16,17)/t10-,11+/m0/s1. The fraction of sp³-hybridized carbons (Fsp3) is 0.538. The lowest BCUT2D eigenvalue weighted by Crippen LogP contribution is -2.33. The Hall–Kier alpha value is -1.39. The van der Waals surface area contributed by atoms with Crippen molar-refractivity contribution in [1.82, 2.24) is 9.55 Å². The lowest BCUT2D eigenvalue weighted by molar-refractivity contribution is -0.0244. The number of hydrogen-bond acceptors (Lipinski definition) is 10. The molecule has 1 saturated heterocycles. The molecule has 1 aliphatic heterocycles. The Kier molecular flexibility index (Phi) is 8.38. The average molecular weight is 504 g/mol. The third-order valence-electron chi connectivity index (χ3n) is 3.69. The normalized spacial score (nSPS) is 24.6. The number of aryl methyl sites for hydroxylation is 1. The highest BCUT2D eigenvalue weighted by atomic mass is 31.3. The van der Waals surface area contributed by atoms with Crippen LogP contribution in [0.25, 0.3) is 0 Å². The van der Waals surface area contributed by atoms with Gasteiger partial charge in [0.05, 0.1) is 12.7 Å². The van der Waals surface area contributed by atoms with E-state index in [-0.39, 0.29) is 18.4 Å². The van der Waals surface area contributed by atoms with Crippen LogP contribution in [0.1, 0.15) is 24.6 Å². The van der Waals surface area contributed by atoms with Crippen molar-refractivity contribution in [3.05, 3.63) is 32.6 Å². The summed E-state index contributed by atoms with van der Waals surface area (Å²) in [4.78, 5) is 53.6. The van der Waals surface area contributed by atoms with Gasteiger partial charge in [0, 0.05) is 11.8 Å². The predicted octanol–water partition coefficient (Wildman–Crippen LogP) is 0.523. The second kappa shape index (κ2) is 10.0. The number of rotatable bonds is 10. The maximum atomic E-state index is 11.9. The van der Waals surface area contributed by atoms with Crippen LogP contribution >= 0.6 is 23.5 Å². The fourth-order valence-electron chi connectivity index (χ4n) is 2.43. The topological polar surface area (TPSA) is 213 Å². The second-order valence-electron chi connectivity index (χ2n) is 6.11. The van der Waals surface area contributed by atoms with Crippen molar-refractivity contribution in [2.24, 2.45) is 0 Å². The van der Waals surface area contributed by atoms with Crippen molar-refractivity contribution in [2.45, 2.75) is 32.1 Å². The molecule has 31 heavy (non-hydrogen) atoms. The van der Waals surface area contributed by atoms with E-state index in [0.717, 1.165) is 4.57 Å². The van der Waals surface area contributed by atoms with Crippen LogP contribution < -0.4 is 11.2 Å². The van der Waals surface area contributed by atoms with E-state index in [4.69, 9.17) is 11.2 Å². The number of phosphoric acid groups is 3. The molecule has 0 aliphatic carbocycles. The minimum atomic E-state index is -5.58. The van der Waals surface area contributed by atoms with Crippen molar-refractivity contribution in [2.75, 3.05) is 13.2 Å². The average Bonchev–Trinajstić information content (AvgIpc) is 3.08. The van der Waals surface area contributed by atoms with Crippen molar-refractivity contribution < 1.29 is 50.8 Å². The van der Waals surface area contributed by atoms with Crippen molar-refractivity contribution in [1.29, 1.82) is 0 Å². The molecule has 0 bridgehead atoms. The van der Waals surface area contributed by atoms with E-state index in [1.165, 1.54) is 13.1 Å². The summed E-state index contributed by atoms with van der Waals surface area (Å²) in [6.07, 6.45) is 5.02. The zero-order valence-corrected chi connectivity index (χ0v) is 18.5. The number of phosphoric ester groups is 2. The number of hydrogen-bond donors (Lipinski definition) is 4. The molecule has 5 atom stereocenters. The number of ether oxygens (including phenoxy) is 1. The molecule has 1 aromatic rings. The minimum Gasteiger partial charge on any atom is -0.352 e. The van der Waals surface area contributed by atoms with E-state index < -0.39 is 60.3 Å². The van der Waals surface area contributed by atoms with E-state index in [9.17, 15) is 38.0 Å². The van der Waals surface area contributed by atoms with Crippen LogP contribution in [0.15, 0.2) is 15.8 Å². The highest BCUT2D eigenvalue weighted by Crippen LogP contribution is 2.67. The molecular weight excluding hydrogens is 485 g/mol. The highest BCUT2D eigenvalue weighted by molar-refractivity contribution is 7.66. The molecule has 174 valence electrons. The smallest absolute Gasteiger partial charge is 0.352 e. The molecule has 2 rings (SSSR count). The lowest BCUT2D eigenvalue weighted by atomic mass is 10.2. The molecular formula is C13H19N2O13P3. The van der Waals surface area contributed by atoms with Gasteiger partial charge in [0.1, 0.15) is 12.8 Å². The van der Waals surface area contributed by atoms with Gasteiger partial charge in [0.25, 0.3) is 5.56 Å². The van der Waals surface area contributed by atoms with Crippen molar-refractivity contribution in [3.8, 4) is 12.3 Å². The summed E-state index contributed by atoms with van der Waals surface area (Å²) in [6.45, 7) is 0.132. The molecule has 1 fully saturated rings. The number of H-pyrrole nitrogens is 1. The quantitative estimate of drug-likeness (QED) is 0.253. The largest absolute Gasteiger partial charge is 0.490 e. The zero-order valence-electron chi connectivity index (χ0n) is 15.9. The van der Waals surface area contributed by atoms with Gasteiger partial charge >= 0.3 is 29.2 Å². The number of aromatic nitrogens is 2. The third kappa shape index (κ3) is 7.91. The number of terminal acetylenes is 1. The predicted molar refractivity (Wildman–Crippen MR) is 102 cm³/mol. The van der Waals surface area contributed by atoms with Gasteiger partial charge < -0.3 is 19.4 Å². The van der Waals surface area contributed by atoms with Crippen LogP contribution in [0.5, 0.6) is 0 Å². The summed E-state index contributed by atoms with van der Waals surface area (Å²) in [5.41, 5.74) is -0.996. The van der Waals surface area contributed by atoms with Crippen LogP contribution in [0.4, 0.5) is 0 Å². The molecule has 3 unspecified atom stereocenters. The maximum Gasteiger partial charge on any atom is 0.490 e. The number of aromatic amines is 1. The first-order valence-electron chi connectivity index (χ1n) is 8.35. The van der Waals surface area contributed by atoms with Crippen molar-refractivity contribution >= 4 is 23.5 Å². The van der Waals surface area contributed by atoms with Crippen LogP contribution in [0.2, 0.25) is 0 Å². The summed E-state index contributed by atoms with van der Waals surface area (Å²) in [7, 11) is -16.0. The van der Waals surface area contributed by atoms with E-state index in [1.54, 1.807) is 5.92 Å². The van der Waals surface area contributed by atoms with Crippen molar-refractivity contribution in [3.63, 3.8) is 0 Å². The molecule has 0 amide bonds. The number of nitrogens with one attached hydrogen (secondary N) is 1. The van der Waals surface area contributed by atoms with Crippen LogP contribution in [-0.4, -0.2) is 43.5 Å². The highest BCUT2D eigenvalue weighted by Gasteiger charge is 2.42. The summed E-state index contributed by atoms with van der Waals surface area (Å²) in [6, 6.07) is 0. The monoisotopic (exact) mass is 504 g/mol. The zero-order chi connectivity index (χ0) is 23.4. The second-order valence-corrected chi connectivity index (χ2v) is 10.7. The first kappa shape index (κ1) is 25.9. The molecule has 4 N–H and O–H groups in total. The number of nitrogens with zero attached hydrogens (tertiary/aromatic N) is 1. The van der Waals surface area contributed by atoms with E-state index in [1.807, 2.05) is 0 Å². The molecule has 15 nitrogen and oxygen atoms in total. The Morgan fingerprint density at radius 2 is 1.77 bits per heavy atom. The van der Waals surface area contributed by atoms with E-state index in [2.05, 4.69) is 22.7 Å². The minimum absolute atomic E-state index is 0.258. The SMILES string of the molecule is C#CCOP(=O)(O)OP(=O)(O)OP(=O)(O)OC[C@@H]1CC[C@H](n2cc(C)c(=O)[nH]c2=O)O1. The van der Waals surface area contributed by atoms with Crippen LogP contribution in [0.3, 0.4) is 0 Å². The third-order valence-corrected chi connectivity index (χ3v) is 7.92. The molecule has 0 saturated carbocycles. The molecule has 1 aromatic heterocycles. The molecule has 0 spiro atoms. The van der Waals surface area contributed by atoms with E-state index in [0.29, 0.717) is 0 Å². The molecule has 1 aliphatic rings. The molecule has 18 heteroatoms. The van der Waals surface area contributed by atoms with Crippen LogP contribution in [-0.2, 0) is 36.1 Å². The Bertz CT molecular complexity index is 1110. The summed E-state index contributed by atoms with van der Waals surface area (Å²) >= 11 is 0. The first-order chi connectivity index (χ1) is 14.2. The van der Waals surface area contributed by atoms with Gasteiger partial charge in [-0.1, -0.05) is 5.92 Å². The molecule has 2 heterocycles. The Labute approximate surface area is 174 Å². The van der Waals surface area contributed by atoms with Crippen LogP contribution in [0, 0.1) is 19.3 Å². The van der Waals surface area contributed by atoms with E-state index >= 15 is 0 Å². The Balaban J connectivity index is 1.93.